The number of sulfone groups is 1. The highest BCUT2D eigenvalue weighted by atomic mass is 35.5. The summed E-state index contributed by atoms with van der Waals surface area (Å²) in [6.07, 6.45) is 0.00963. The van der Waals surface area contributed by atoms with Gasteiger partial charge >= 0.3 is 0 Å². The van der Waals surface area contributed by atoms with Crippen molar-refractivity contribution in [3.05, 3.63) is 75.7 Å². The van der Waals surface area contributed by atoms with E-state index >= 15 is 0 Å². The number of amides is 1. The van der Waals surface area contributed by atoms with E-state index in [1.807, 2.05) is 6.07 Å². The summed E-state index contributed by atoms with van der Waals surface area (Å²) in [6, 6.07) is 16.5. The fourth-order valence-electron chi connectivity index (χ4n) is 1.89. The lowest BCUT2D eigenvalue weighted by Crippen LogP contribution is -2.29. The number of carbonyl (C=O) groups is 1. The quantitative estimate of drug-likeness (QED) is 0.877. The van der Waals surface area contributed by atoms with Crippen LogP contribution in [0.3, 0.4) is 0 Å². The summed E-state index contributed by atoms with van der Waals surface area (Å²) >= 11 is 11.4. The average molecular weight is 370 g/mol. The smallest absolute Gasteiger partial charge is 0.229 e. The van der Waals surface area contributed by atoms with Crippen LogP contribution in [0.2, 0.25) is 0 Å². The Morgan fingerprint density at radius 1 is 0.913 bits per heavy atom. The van der Waals surface area contributed by atoms with Crippen molar-refractivity contribution >= 4 is 38.9 Å². The maximum absolute atomic E-state index is 12.5. The van der Waals surface area contributed by atoms with Gasteiger partial charge < -0.3 is 5.32 Å². The third-order valence-corrected chi connectivity index (χ3v) is 5.29. The highest BCUT2D eigenvalue weighted by molar-refractivity contribution is 7.95. The molecule has 1 amide bonds. The summed E-state index contributed by atoms with van der Waals surface area (Å²) in [7, 11) is -4.00. The lowest BCUT2D eigenvalue weighted by Gasteiger charge is -2.11. The van der Waals surface area contributed by atoms with Gasteiger partial charge in [0, 0.05) is 0 Å². The molecule has 2 aromatic carbocycles. The minimum Gasteiger partial charge on any atom is -0.314 e. The molecule has 0 aliphatic carbocycles. The number of halogens is 2. The molecule has 4 nitrogen and oxygen atoms in total. The van der Waals surface area contributed by atoms with Gasteiger partial charge in [-0.2, -0.15) is 0 Å². The van der Waals surface area contributed by atoms with Crippen molar-refractivity contribution in [1.82, 2.24) is 5.32 Å². The van der Waals surface area contributed by atoms with Gasteiger partial charge in [0.1, 0.15) is 4.49 Å². The number of benzene rings is 2. The van der Waals surface area contributed by atoms with Crippen molar-refractivity contribution in [2.75, 3.05) is 0 Å². The molecule has 2 rings (SSSR count). The molecule has 0 bridgehead atoms. The molecule has 0 heterocycles. The molecule has 7 heteroatoms. The van der Waals surface area contributed by atoms with Crippen LogP contribution >= 0.6 is 23.2 Å². The Hall–Kier alpha value is -1.82. The van der Waals surface area contributed by atoms with E-state index in [9.17, 15) is 13.2 Å². The summed E-state index contributed by atoms with van der Waals surface area (Å²) in [5.74, 6) is -0.524. The first-order chi connectivity index (χ1) is 10.9. The topological polar surface area (TPSA) is 63.2 Å². The molecule has 1 N–H and O–H groups in total. The molecule has 0 fully saturated rings. The molecule has 0 aliphatic heterocycles. The Bertz CT molecular complexity index is 815. The van der Waals surface area contributed by atoms with E-state index in [0.29, 0.717) is 0 Å². The van der Waals surface area contributed by atoms with Gasteiger partial charge in [-0.25, -0.2) is 8.42 Å². The lowest BCUT2D eigenvalue weighted by atomic mass is 10.1. The van der Waals surface area contributed by atoms with Crippen LogP contribution in [0.25, 0.3) is 0 Å². The Morgan fingerprint density at radius 3 is 1.96 bits per heavy atom. The minimum absolute atomic E-state index is 0.00573. The summed E-state index contributed by atoms with van der Waals surface area (Å²) < 4.78 is 24.5. The van der Waals surface area contributed by atoms with Gasteiger partial charge in [-0.15, -0.1) is 0 Å². The molecule has 0 aliphatic rings. The van der Waals surface area contributed by atoms with Crippen molar-refractivity contribution in [3.8, 4) is 0 Å². The monoisotopic (exact) mass is 369 g/mol. The Morgan fingerprint density at radius 2 is 1.43 bits per heavy atom. The number of rotatable bonds is 5. The second kappa shape index (κ2) is 7.64. The molecule has 0 unspecified atom stereocenters. The molecule has 120 valence electrons. The first-order valence-electron chi connectivity index (χ1n) is 6.60. The number of hydrogen-bond acceptors (Lipinski definition) is 3. The van der Waals surface area contributed by atoms with Gasteiger partial charge in [-0.3, -0.25) is 4.79 Å². The first kappa shape index (κ1) is 17.5. The molecule has 2 aromatic rings. The molecule has 0 radical (unpaired) electrons. The maximum Gasteiger partial charge on any atom is 0.229 e. The summed E-state index contributed by atoms with van der Waals surface area (Å²) in [6.45, 7) is 0. The molecule has 0 saturated heterocycles. The number of nitrogens with one attached hydrogen (secondary N) is 1. The highest BCUT2D eigenvalue weighted by Crippen LogP contribution is 2.24. The zero-order valence-corrected chi connectivity index (χ0v) is 14.2. The van der Waals surface area contributed by atoms with Crippen molar-refractivity contribution < 1.29 is 13.2 Å². The average Bonchev–Trinajstić information content (AvgIpc) is 2.54. The normalized spacial score (nSPS) is 10.9. The Balaban J connectivity index is 2.24. The van der Waals surface area contributed by atoms with Gasteiger partial charge in [-0.05, 0) is 17.7 Å². The predicted molar refractivity (Wildman–Crippen MR) is 90.6 cm³/mol. The van der Waals surface area contributed by atoms with Crippen LogP contribution in [0, 0.1) is 0 Å². The molecule has 0 saturated carbocycles. The third-order valence-electron chi connectivity index (χ3n) is 2.95. The van der Waals surface area contributed by atoms with E-state index in [0.717, 1.165) is 5.56 Å². The SMILES string of the molecule is O=C(Cc1ccccc1)NC(=C(Cl)Cl)S(=O)(=O)c1ccccc1. The highest BCUT2D eigenvalue weighted by Gasteiger charge is 2.25. The second-order valence-corrected chi connectivity index (χ2v) is 7.45. The molecule has 0 spiro atoms. The van der Waals surface area contributed by atoms with Crippen molar-refractivity contribution in [1.29, 1.82) is 0 Å². The molecule has 0 atom stereocenters. The van der Waals surface area contributed by atoms with Gasteiger partial charge in [0.25, 0.3) is 0 Å². The van der Waals surface area contributed by atoms with Crippen molar-refractivity contribution in [2.24, 2.45) is 0 Å². The van der Waals surface area contributed by atoms with Gasteiger partial charge in [0.2, 0.25) is 15.7 Å². The number of hydrogen-bond donors (Lipinski definition) is 1. The van der Waals surface area contributed by atoms with Crippen LogP contribution in [-0.2, 0) is 21.1 Å². The van der Waals surface area contributed by atoms with E-state index in [4.69, 9.17) is 23.2 Å². The zero-order valence-electron chi connectivity index (χ0n) is 11.9. The summed E-state index contributed by atoms with van der Waals surface area (Å²) in [5, 5.41) is 1.77. The van der Waals surface area contributed by atoms with Crippen LogP contribution in [-0.4, -0.2) is 14.3 Å². The number of carbonyl (C=O) groups excluding carboxylic acids is 1. The van der Waals surface area contributed by atoms with Crippen LogP contribution in [0.4, 0.5) is 0 Å². The minimum atomic E-state index is -4.00. The molecule has 23 heavy (non-hydrogen) atoms. The largest absolute Gasteiger partial charge is 0.314 e. The van der Waals surface area contributed by atoms with Crippen molar-refractivity contribution in [3.63, 3.8) is 0 Å². The summed E-state index contributed by atoms with van der Waals surface area (Å²) in [5.41, 5.74) is 0.743. The van der Waals surface area contributed by atoms with Crippen LogP contribution in [0.5, 0.6) is 0 Å². The predicted octanol–water partition coefficient (Wildman–Crippen LogP) is 3.42. The Kier molecular flexibility index (Phi) is 5.82. The molecular weight excluding hydrogens is 357 g/mol. The molecular formula is C16H13Cl2NO3S. The van der Waals surface area contributed by atoms with Crippen LogP contribution in [0.1, 0.15) is 5.56 Å². The van der Waals surface area contributed by atoms with Gasteiger partial charge in [0.15, 0.2) is 5.03 Å². The lowest BCUT2D eigenvalue weighted by molar-refractivity contribution is -0.119. The van der Waals surface area contributed by atoms with Gasteiger partial charge in [0.05, 0.1) is 11.3 Å². The van der Waals surface area contributed by atoms with Crippen molar-refractivity contribution in [2.45, 2.75) is 11.3 Å². The maximum atomic E-state index is 12.5. The zero-order chi connectivity index (χ0) is 16.9. The standard InChI is InChI=1S/C16H13Cl2NO3S/c17-15(18)16(23(21,22)13-9-5-2-6-10-13)19-14(20)11-12-7-3-1-4-8-12/h1-10H,11H2,(H,19,20). The molecule has 0 aromatic heterocycles. The van der Waals surface area contributed by atoms with E-state index in [2.05, 4.69) is 5.32 Å². The van der Waals surface area contributed by atoms with E-state index in [-0.39, 0.29) is 11.3 Å². The fraction of sp³-hybridized carbons (Fsp3) is 0.0625. The van der Waals surface area contributed by atoms with E-state index in [1.165, 1.54) is 12.1 Å². The van der Waals surface area contributed by atoms with Crippen LogP contribution < -0.4 is 5.32 Å². The fourth-order valence-corrected chi connectivity index (χ4v) is 3.79. The summed E-state index contributed by atoms with van der Waals surface area (Å²) in [4.78, 5) is 12.1. The van der Waals surface area contributed by atoms with Gasteiger partial charge in [-0.1, -0.05) is 71.7 Å². The first-order valence-corrected chi connectivity index (χ1v) is 8.84. The van der Waals surface area contributed by atoms with E-state index in [1.54, 1.807) is 42.5 Å². The third kappa shape index (κ3) is 4.58. The Labute approximate surface area is 144 Å². The second-order valence-electron chi connectivity index (χ2n) is 4.62. The van der Waals surface area contributed by atoms with E-state index < -0.39 is 25.3 Å². The van der Waals surface area contributed by atoms with Crippen LogP contribution in [0.15, 0.2) is 75.1 Å².